The third kappa shape index (κ3) is 4.40. The lowest BCUT2D eigenvalue weighted by Crippen LogP contribution is -2.05. The fourth-order valence-electron chi connectivity index (χ4n) is 1.99. The van der Waals surface area contributed by atoms with Gasteiger partial charge in [0, 0.05) is 5.30 Å². The van der Waals surface area contributed by atoms with Crippen LogP contribution in [0.3, 0.4) is 0 Å². The highest BCUT2D eigenvalue weighted by Gasteiger charge is 2.31. The second kappa shape index (κ2) is 7.57. The second-order valence-corrected chi connectivity index (χ2v) is 7.74. The summed E-state index contributed by atoms with van der Waals surface area (Å²) in [5.41, 5.74) is -0.196. The molecule has 1 unspecified atom stereocenters. The first-order valence-electron chi connectivity index (χ1n) is 6.70. The third-order valence-corrected chi connectivity index (χ3v) is 5.44. The average Bonchev–Trinajstić information content (AvgIpc) is 2.49. The van der Waals surface area contributed by atoms with Crippen LogP contribution in [0.2, 0.25) is 10.0 Å². The Kier molecular flexibility index (Phi) is 6.14. The predicted octanol–water partition coefficient (Wildman–Crippen LogP) is 6.71. The molecule has 0 amide bonds. The third-order valence-electron chi connectivity index (χ3n) is 3.22. The molecule has 0 aliphatic carbocycles. The Labute approximate surface area is 152 Å². The number of benzene rings is 2. The molecule has 0 radical (unpaired) electrons. The van der Waals surface area contributed by atoms with E-state index in [1.165, 1.54) is 6.07 Å². The van der Waals surface area contributed by atoms with Gasteiger partial charge in [-0.1, -0.05) is 41.4 Å². The summed E-state index contributed by atoms with van der Waals surface area (Å²) in [5.74, 6) is 0.333. The van der Waals surface area contributed by atoms with Crippen molar-refractivity contribution in [1.82, 2.24) is 0 Å². The van der Waals surface area contributed by atoms with Crippen molar-refractivity contribution in [2.24, 2.45) is 0 Å². The molecule has 2 rings (SSSR count). The number of hydrogen-bond donors (Lipinski definition) is 0. The largest absolute Gasteiger partial charge is 0.455 e. The number of aryl methyl sites for hydroxylation is 1. The van der Waals surface area contributed by atoms with E-state index in [2.05, 4.69) is 0 Å². The zero-order valence-electron chi connectivity index (χ0n) is 12.2. The van der Waals surface area contributed by atoms with Gasteiger partial charge in [-0.3, -0.25) is 0 Å². The van der Waals surface area contributed by atoms with E-state index in [0.717, 1.165) is 18.2 Å². The Morgan fingerprint density at radius 1 is 1.08 bits per heavy atom. The van der Waals surface area contributed by atoms with E-state index < -0.39 is 18.9 Å². The summed E-state index contributed by atoms with van der Waals surface area (Å²) in [4.78, 5) is 0. The molecule has 0 heterocycles. The molecule has 2 nitrogen and oxygen atoms in total. The van der Waals surface area contributed by atoms with Crippen molar-refractivity contribution in [1.29, 1.82) is 0 Å². The van der Waals surface area contributed by atoms with Crippen molar-refractivity contribution in [3.63, 3.8) is 0 Å². The Morgan fingerprint density at radius 2 is 1.75 bits per heavy atom. The monoisotopic (exact) mass is 416 g/mol. The molecule has 0 saturated heterocycles. The van der Waals surface area contributed by atoms with Crippen molar-refractivity contribution in [3.05, 3.63) is 51.5 Å². The molecule has 2 aromatic carbocycles. The van der Waals surface area contributed by atoms with Crippen LogP contribution < -0.4 is 10.0 Å². The molecule has 2 aromatic rings. The summed E-state index contributed by atoms with van der Waals surface area (Å²) < 4.78 is 55.2. The molecule has 0 fully saturated rings. The molecule has 24 heavy (non-hydrogen) atoms. The molecule has 0 aliphatic heterocycles. The molecule has 0 aromatic heterocycles. The van der Waals surface area contributed by atoms with Crippen LogP contribution in [0.5, 0.6) is 11.5 Å². The molecule has 0 aliphatic rings. The Hall–Kier alpha value is -0.870. The summed E-state index contributed by atoms with van der Waals surface area (Å²) in [5, 5.41) is 0.275. The van der Waals surface area contributed by atoms with E-state index in [1.54, 1.807) is 6.07 Å². The molecule has 0 bridgehead atoms. The minimum absolute atomic E-state index is 0.0434. The molecule has 9 heteroatoms. The topological polar surface area (TPSA) is 26.3 Å². The van der Waals surface area contributed by atoms with Crippen LogP contribution in [0.15, 0.2) is 30.3 Å². The van der Waals surface area contributed by atoms with E-state index >= 15 is 0 Å². The van der Waals surface area contributed by atoms with Crippen molar-refractivity contribution >= 4 is 46.9 Å². The number of alkyl halides is 3. The maximum Gasteiger partial charge on any atom is 0.416 e. The molecule has 0 saturated carbocycles. The molecule has 0 spiro atoms. The summed E-state index contributed by atoms with van der Waals surface area (Å²) in [6.07, 6.45) is -3.96. The standard InChI is InChI=1S/C15H11Cl3F3O2P/c1-2-8-5-11(17)14(24(18)22)7-13(8)23-12-4-3-9(6-10(12)16)15(19,20)21/h3-7,24H,2H2,1H3. The van der Waals surface area contributed by atoms with Gasteiger partial charge in [-0.25, -0.2) is 0 Å². The SMILES string of the molecule is CCc1cc(Cl)c([PH](=O)Cl)cc1Oc1ccc(C(F)(F)F)cc1Cl. The van der Waals surface area contributed by atoms with Crippen molar-refractivity contribution < 1.29 is 22.5 Å². The fraction of sp³-hybridized carbons (Fsp3) is 0.200. The molecular weight excluding hydrogens is 406 g/mol. The number of ether oxygens (including phenoxy) is 1. The fourth-order valence-corrected chi connectivity index (χ4v) is 3.78. The van der Waals surface area contributed by atoms with Crippen LogP contribution in [0.1, 0.15) is 18.1 Å². The summed E-state index contributed by atoms with van der Waals surface area (Å²) >= 11 is 17.5. The Balaban J connectivity index is 2.44. The van der Waals surface area contributed by atoms with Crippen molar-refractivity contribution in [2.45, 2.75) is 19.5 Å². The zero-order chi connectivity index (χ0) is 18.1. The molecule has 130 valence electrons. The van der Waals surface area contributed by atoms with Gasteiger partial charge in [0.1, 0.15) is 11.5 Å². The lowest BCUT2D eigenvalue weighted by molar-refractivity contribution is -0.137. The van der Waals surface area contributed by atoms with Crippen molar-refractivity contribution in [3.8, 4) is 11.5 Å². The quantitative estimate of drug-likeness (QED) is 0.517. The number of rotatable bonds is 4. The van der Waals surface area contributed by atoms with Gasteiger partial charge >= 0.3 is 6.18 Å². The van der Waals surface area contributed by atoms with Gasteiger partial charge < -0.3 is 9.30 Å². The van der Waals surface area contributed by atoms with Crippen LogP contribution in [0, 0.1) is 0 Å². The van der Waals surface area contributed by atoms with Crippen LogP contribution in [0.25, 0.3) is 0 Å². The number of hydrogen-bond acceptors (Lipinski definition) is 2. The summed E-state index contributed by atoms with van der Waals surface area (Å²) in [6.45, 7) is 1.84. The molecular formula is C15H11Cl3F3O2P. The highest BCUT2D eigenvalue weighted by atomic mass is 35.7. The average molecular weight is 418 g/mol. The van der Waals surface area contributed by atoms with Crippen LogP contribution >= 0.6 is 41.6 Å². The zero-order valence-corrected chi connectivity index (χ0v) is 15.4. The van der Waals surface area contributed by atoms with Crippen LogP contribution in [-0.2, 0) is 17.2 Å². The maximum absolute atomic E-state index is 12.7. The molecule has 1 atom stereocenters. The van der Waals surface area contributed by atoms with Gasteiger partial charge in [-0.2, -0.15) is 13.2 Å². The van der Waals surface area contributed by atoms with Gasteiger partial charge in [0.25, 0.3) is 0 Å². The van der Waals surface area contributed by atoms with Crippen LogP contribution in [0.4, 0.5) is 13.2 Å². The minimum Gasteiger partial charge on any atom is -0.455 e. The van der Waals surface area contributed by atoms with Crippen LogP contribution in [-0.4, -0.2) is 0 Å². The van der Waals surface area contributed by atoms with Gasteiger partial charge in [0.15, 0.2) is 7.15 Å². The smallest absolute Gasteiger partial charge is 0.416 e. The summed E-state index contributed by atoms with van der Waals surface area (Å²) in [6, 6.07) is 5.76. The first kappa shape index (κ1) is 19.5. The van der Waals surface area contributed by atoms with E-state index in [-0.39, 0.29) is 26.8 Å². The van der Waals surface area contributed by atoms with Gasteiger partial charge in [-0.05, 0) is 42.3 Å². The van der Waals surface area contributed by atoms with Crippen molar-refractivity contribution in [2.75, 3.05) is 0 Å². The number of halogens is 6. The van der Waals surface area contributed by atoms with Gasteiger partial charge in [0.05, 0.1) is 15.6 Å². The van der Waals surface area contributed by atoms with E-state index in [9.17, 15) is 17.7 Å². The molecule has 0 N–H and O–H groups in total. The second-order valence-electron chi connectivity index (χ2n) is 4.81. The Morgan fingerprint density at radius 3 is 2.25 bits per heavy atom. The highest BCUT2D eigenvalue weighted by Crippen LogP contribution is 2.39. The Bertz CT molecular complexity index is 794. The van der Waals surface area contributed by atoms with E-state index in [4.69, 9.17) is 39.2 Å². The predicted molar refractivity (Wildman–Crippen MR) is 91.8 cm³/mol. The van der Waals surface area contributed by atoms with Gasteiger partial charge in [0.2, 0.25) is 0 Å². The van der Waals surface area contributed by atoms with Gasteiger partial charge in [-0.15, -0.1) is 0 Å². The normalized spacial score (nSPS) is 13.0. The first-order chi connectivity index (χ1) is 11.1. The summed E-state index contributed by atoms with van der Waals surface area (Å²) in [7, 11) is -2.59. The van der Waals surface area contributed by atoms with E-state index in [0.29, 0.717) is 12.0 Å². The lowest BCUT2D eigenvalue weighted by Gasteiger charge is -2.15. The maximum atomic E-state index is 12.7. The lowest BCUT2D eigenvalue weighted by atomic mass is 10.1. The highest BCUT2D eigenvalue weighted by molar-refractivity contribution is 7.80. The minimum atomic E-state index is -4.50. The van der Waals surface area contributed by atoms with E-state index in [1.807, 2.05) is 6.92 Å². The first-order valence-corrected chi connectivity index (χ1v) is 9.88.